The third kappa shape index (κ3) is 20.8. The molecule has 5 aromatic carbocycles. The molecule has 0 aromatic heterocycles. The second-order valence-electron chi connectivity index (χ2n) is 23.1. The highest BCUT2D eigenvalue weighted by Crippen LogP contribution is 2.38. The number of anilines is 2. The Labute approximate surface area is 558 Å². The fraction of sp³-hybridized carbons (Fsp3) is 0.433. The van der Waals surface area contributed by atoms with Crippen molar-refractivity contribution in [3.05, 3.63) is 145 Å². The van der Waals surface area contributed by atoms with E-state index in [9.17, 15) is 74.1 Å². The molecule has 0 bridgehead atoms. The Morgan fingerprint density at radius 3 is 1.40 bits per heavy atom. The number of thioether (sulfide) groups is 2. The fourth-order valence-electron chi connectivity index (χ4n) is 10.9. The molecule has 14 N–H and O–H groups in total. The van der Waals surface area contributed by atoms with Gasteiger partial charge in [-0.1, -0.05) is 104 Å². The van der Waals surface area contributed by atoms with E-state index in [2.05, 4.69) is 26.6 Å². The van der Waals surface area contributed by atoms with Gasteiger partial charge in [0.2, 0.25) is 23.6 Å². The van der Waals surface area contributed by atoms with Crippen molar-refractivity contribution in [2.45, 2.75) is 126 Å². The Morgan fingerprint density at radius 1 is 0.579 bits per heavy atom. The summed E-state index contributed by atoms with van der Waals surface area (Å²) in [5.74, 6) is -4.20. The minimum Gasteiger partial charge on any atom is -0.477 e. The van der Waals surface area contributed by atoms with Crippen molar-refractivity contribution in [2.75, 3.05) is 59.9 Å². The number of aliphatic carboxylic acids is 2. The number of amides is 6. The average Bonchev–Trinajstić information content (AvgIpc) is 0.774. The average molecular weight is 1350 g/mol. The number of hydrazine groups is 1. The molecule has 12 atom stereocenters. The van der Waals surface area contributed by atoms with Crippen molar-refractivity contribution in [1.82, 2.24) is 21.0 Å². The van der Waals surface area contributed by atoms with Crippen LogP contribution in [0.15, 0.2) is 133 Å². The summed E-state index contributed by atoms with van der Waals surface area (Å²) in [6, 6.07) is 36.6. The predicted octanol–water partition coefficient (Wildman–Crippen LogP) is 3.99. The molecule has 28 heteroatoms. The molecule has 2 aliphatic heterocycles. The number of nitrogens with two attached hydrogens (primary N) is 1. The van der Waals surface area contributed by atoms with Gasteiger partial charge in [-0.05, 0) is 88.9 Å². The zero-order valence-corrected chi connectivity index (χ0v) is 54.4. The van der Waals surface area contributed by atoms with Gasteiger partial charge in [-0.3, -0.25) is 33.8 Å². The van der Waals surface area contributed by atoms with Gasteiger partial charge >= 0.3 is 11.9 Å². The summed E-state index contributed by atoms with van der Waals surface area (Å²) in [6.07, 6.45) is -12.6. The quantitative estimate of drug-likeness (QED) is 0.0120. The molecule has 6 amide bonds. The Hall–Kier alpha value is -7.84. The van der Waals surface area contributed by atoms with Gasteiger partial charge in [-0.2, -0.15) is 23.5 Å². The lowest BCUT2D eigenvalue weighted by molar-refractivity contribution is -0.318. The van der Waals surface area contributed by atoms with Crippen LogP contribution in [0.4, 0.5) is 11.4 Å². The highest BCUT2D eigenvalue weighted by molar-refractivity contribution is 7.99. The number of hydrogen-bond donors (Lipinski definition) is 13. The lowest BCUT2D eigenvalue weighted by Crippen LogP contribution is -2.70. The molecule has 0 radical (unpaired) electrons. The number of carbonyl (C=O) groups is 8. The monoisotopic (exact) mass is 1350 g/mol. The molecule has 3 unspecified atom stereocenters. The van der Waals surface area contributed by atoms with Crippen molar-refractivity contribution in [3.8, 4) is 22.3 Å². The van der Waals surface area contributed by atoms with E-state index in [0.29, 0.717) is 51.4 Å². The number of nitrogens with zero attached hydrogens (tertiary/aromatic N) is 1. The number of aliphatic hydroxyl groups is 5. The van der Waals surface area contributed by atoms with Gasteiger partial charge in [0.05, 0.1) is 48.9 Å². The number of carboxylic acids is 2. The van der Waals surface area contributed by atoms with Gasteiger partial charge < -0.3 is 81.3 Å². The maximum Gasteiger partial charge on any atom is 0.364 e. The predicted molar refractivity (Wildman–Crippen MR) is 354 cm³/mol. The van der Waals surface area contributed by atoms with Crippen LogP contribution in [-0.4, -0.2) is 204 Å². The third-order valence-corrected chi connectivity index (χ3v) is 18.1. The number of aliphatic hydroxyl groups excluding tert-OH is 5. The van der Waals surface area contributed by atoms with Gasteiger partial charge in [0, 0.05) is 75.3 Å². The van der Waals surface area contributed by atoms with Crippen LogP contribution in [0, 0.1) is 5.92 Å². The fourth-order valence-corrected chi connectivity index (χ4v) is 12.7. The summed E-state index contributed by atoms with van der Waals surface area (Å²) < 4.78 is 23.5. The molecule has 2 fully saturated rings. The smallest absolute Gasteiger partial charge is 0.364 e. The van der Waals surface area contributed by atoms with E-state index < -0.39 is 127 Å². The zero-order chi connectivity index (χ0) is 68.8. The first kappa shape index (κ1) is 74.6. The molecule has 0 aliphatic carbocycles. The van der Waals surface area contributed by atoms with E-state index in [1.165, 1.54) is 30.4 Å². The highest BCUT2D eigenvalue weighted by atomic mass is 32.2. The highest BCUT2D eigenvalue weighted by Gasteiger charge is 2.58. The normalized spacial score (nSPS) is 22.2. The van der Waals surface area contributed by atoms with Crippen molar-refractivity contribution >= 4 is 82.3 Å². The van der Waals surface area contributed by atoms with E-state index >= 15 is 0 Å². The number of hydrogen-bond acceptors (Lipinski definition) is 20. The molecule has 2 aliphatic rings. The van der Waals surface area contributed by atoms with Crippen LogP contribution in [0.25, 0.3) is 22.3 Å². The zero-order valence-electron chi connectivity index (χ0n) is 52.7. The number of carbonyl (C=O) groups excluding carboxylic acids is 6. The molecule has 0 spiro atoms. The molecular formula is C67H83N7O19S2. The Kier molecular flexibility index (Phi) is 28.1. The van der Waals surface area contributed by atoms with Gasteiger partial charge in [0.1, 0.15) is 30.5 Å². The summed E-state index contributed by atoms with van der Waals surface area (Å²) >= 11 is 2.76. The number of ether oxygens (including phenoxy) is 4. The number of rotatable bonds is 34. The van der Waals surface area contributed by atoms with Crippen LogP contribution >= 0.6 is 23.5 Å². The SMILES string of the molecule is CC(=O)N[C@H]1C([C@H](O)C(O)CNC(=O)c2ccc(-c3ccccc3)cc2)O[C@@](OCCCSCCC(=O)Nc2ccccc2NC(=O)CCSCCCO[C@]2(C(=O)O)C[C@H](O)[C@@H](N(N)C(C)=O)C([C@H](O)[C@H](O)CNC(=O)c3ccc(-c4ccccc4)cc3)O2)(C(=O)O)C[C@@H]1C. The first-order chi connectivity index (χ1) is 45.4. The van der Waals surface area contributed by atoms with Gasteiger partial charge in [-0.25, -0.2) is 15.4 Å². The van der Waals surface area contributed by atoms with Crippen LogP contribution in [0.5, 0.6) is 0 Å². The standard InChI is InChI=1S/C67H83N7O19S2/c1-40-36-66(64(86)87,92-60(56(40)71-41(2)75)58(82)52(78)38-69-62(84)47-24-20-45(21-25-47)43-14-6-4-7-15-43)90-30-12-32-94-34-28-54(80)72-49-18-10-11-19-50(49)73-55(81)29-35-95-33-13-31-91-67(65(88)89)37-51(77)57(74(68)42(3)76)61(93-67)59(83)53(79)39-70-63(85)48-26-22-46(23-27-48)44-16-8-5-9-17-44/h4-11,14-27,40,51-53,56-61,77-79,82-83H,12-13,28-39,68H2,1-3H3,(H,69,84)(H,70,85)(H,71,75)(H,72,80)(H,73,81)(H,86,87)(H,88,89)/t40-,51-,52?,53+,56+,57+,58+,59+,60?,61?,66+,67+/m0/s1. The van der Waals surface area contributed by atoms with Gasteiger partial charge in [0.15, 0.2) is 0 Å². The second-order valence-corrected chi connectivity index (χ2v) is 25.5. The number of benzene rings is 5. The van der Waals surface area contributed by atoms with E-state index in [1.54, 1.807) is 79.7 Å². The van der Waals surface area contributed by atoms with Crippen LogP contribution < -0.4 is 32.4 Å². The lowest BCUT2D eigenvalue weighted by Gasteiger charge is -2.48. The Balaban J connectivity index is 0.806. The molecule has 7 rings (SSSR count). The molecule has 5 aromatic rings. The van der Waals surface area contributed by atoms with E-state index in [1.807, 2.05) is 60.7 Å². The first-order valence-electron chi connectivity index (χ1n) is 31.0. The van der Waals surface area contributed by atoms with E-state index in [4.69, 9.17) is 24.8 Å². The second kappa shape index (κ2) is 35.8. The number of para-hydroxylation sites is 2. The molecule has 95 heavy (non-hydrogen) atoms. The minimum atomic E-state index is -2.57. The lowest BCUT2D eigenvalue weighted by atomic mass is 9.83. The summed E-state index contributed by atoms with van der Waals surface area (Å²) in [6.45, 7) is 2.65. The van der Waals surface area contributed by atoms with Crippen molar-refractivity contribution in [3.63, 3.8) is 0 Å². The minimum absolute atomic E-state index is 0.0498. The van der Waals surface area contributed by atoms with Crippen LogP contribution in [0.1, 0.15) is 80.0 Å². The molecule has 512 valence electrons. The molecular weight excluding hydrogens is 1270 g/mol. The summed E-state index contributed by atoms with van der Waals surface area (Å²) in [4.78, 5) is 103. The topological polar surface area (TPSA) is 404 Å². The summed E-state index contributed by atoms with van der Waals surface area (Å²) in [7, 11) is 0. The number of nitrogens with one attached hydrogen (secondary N) is 5. The Bertz CT molecular complexity index is 3380. The maximum absolute atomic E-state index is 13.1. The van der Waals surface area contributed by atoms with Crippen LogP contribution in [0.2, 0.25) is 0 Å². The summed E-state index contributed by atoms with van der Waals surface area (Å²) in [5.41, 5.74) is 4.89. The molecule has 26 nitrogen and oxygen atoms in total. The first-order valence-corrected chi connectivity index (χ1v) is 33.3. The van der Waals surface area contributed by atoms with Crippen LogP contribution in [0.3, 0.4) is 0 Å². The van der Waals surface area contributed by atoms with Crippen molar-refractivity contribution < 1.29 is 93.0 Å². The van der Waals surface area contributed by atoms with Crippen molar-refractivity contribution in [2.24, 2.45) is 11.8 Å². The largest absolute Gasteiger partial charge is 0.477 e. The van der Waals surface area contributed by atoms with Gasteiger partial charge in [-0.15, -0.1) is 0 Å². The van der Waals surface area contributed by atoms with E-state index in [-0.39, 0.29) is 56.3 Å². The molecule has 2 heterocycles. The molecule has 0 saturated carbocycles. The number of carboxylic acid groups (broad SMARTS) is 2. The molecule has 2 saturated heterocycles. The Morgan fingerprint density at radius 2 is 0.979 bits per heavy atom. The van der Waals surface area contributed by atoms with E-state index in [0.717, 1.165) is 29.2 Å². The summed E-state index contributed by atoms with van der Waals surface area (Å²) in [5, 5.41) is 91.3. The van der Waals surface area contributed by atoms with Crippen LogP contribution in [-0.2, 0) is 47.7 Å². The maximum atomic E-state index is 13.1. The van der Waals surface area contributed by atoms with Crippen molar-refractivity contribution in [1.29, 1.82) is 0 Å². The third-order valence-electron chi connectivity index (χ3n) is 16.0. The van der Waals surface area contributed by atoms with Gasteiger partial charge in [0.25, 0.3) is 23.4 Å².